The first-order valence-corrected chi connectivity index (χ1v) is 10.6. The van der Waals surface area contributed by atoms with Gasteiger partial charge in [0.1, 0.15) is 11.6 Å². The number of alkyl carbamates (subject to hydrolysis) is 1. The second-order valence-corrected chi connectivity index (χ2v) is 9.22. The highest BCUT2D eigenvalue weighted by molar-refractivity contribution is 5.88. The van der Waals surface area contributed by atoms with Crippen molar-refractivity contribution in [3.63, 3.8) is 0 Å². The molecule has 7 heteroatoms. The lowest BCUT2D eigenvalue weighted by atomic mass is 10.0. The number of nitrogens with one attached hydrogen (secondary N) is 2. The van der Waals surface area contributed by atoms with Crippen molar-refractivity contribution < 1.29 is 19.1 Å². The molecule has 0 aromatic heterocycles. The molecular formula is C24H37N3O4. The van der Waals surface area contributed by atoms with Crippen LogP contribution in [0.4, 0.5) is 4.79 Å². The van der Waals surface area contributed by atoms with Gasteiger partial charge in [0.25, 0.3) is 0 Å². The summed E-state index contributed by atoms with van der Waals surface area (Å²) in [4.78, 5) is 38.8. The number of likely N-dealkylation sites (N-methyl/N-ethyl adjacent to an activating group) is 1. The number of carbonyl (C=O) groups excluding carboxylic acids is 3. The predicted molar refractivity (Wildman–Crippen MR) is 123 cm³/mol. The van der Waals surface area contributed by atoms with Crippen molar-refractivity contribution in [2.24, 2.45) is 5.92 Å². The van der Waals surface area contributed by atoms with E-state index in [1.54, 1.807) is 40.9 Å². The normalized spacial score (nSPS) is 13.5. The molecule has 3 amide bonds. The van der Waals surface area contributed by atoms with Crippen molar-refractivity contribution in [2.75, 3.05) is 14.1 Å². The fourth-order valence-corrected chi connectivity index (χ4v) is 2.82. The average molecular weight is 432 g/mol. The van der Waals surface area contributed by atoms with E-state index in [9.17, 15) is 14.4 Å². The Hall–Kier alpha value is -2.83. The van der Waals surface area contributed by atoms with Crippen LogP contribution in [-0.4, -0.2) is 54.6 Å². The van der Waals surface area contributed by atoms with Crippen molar-refractivity contribution in [3.05, 3.63) is 48.0 Å². The van der Waals surface area contributed by atoms with Gasteiger partial charge in [-0.05, 0) is 45.1 Å². The highest BCUT2D eigenvalue weighted by Gasteiger charge is 2.26. The van der Waals surface area contributed by atoms with Crippen LogP contribution in [-0.2, 0) is 20.7 Å². The average Bonchev–Trinajstić information content (AvgIpc) is 2.64. The first kappa shape index (κ1) is 26.2. The van der Waals surface area contributed by atoms with Crippen LogP contribution in [0, 0.1) is 5.92 Å². The first-order valence-electron chi connectivity index (χ1n) is 10.6. The van der Waals surface area contributed by atoms with E-state index < -0.39 is 23.8 Å². The lowest BCUT2D eigenvalue weighted by Crippen LogP contribution is -2.51. The van der Waals surface area contributed by atoms with Gasteiger partial charge in [-0.15, -0.1) is 0 Å². The van der Waals surface area contributed by atoms with Gasteiger partial charge in [0.05, 0.1) is 6.04 Å². The number of hydrogen-bond donors (Lipinski definition) is 2. The quantitative estimate of drug-likeness (QED) is 0.587. The molecule has 1 rings (SSSR count). The Labute approximate surface area is 186 Å². The molecule has 7 nitrogen and oxygen atoms in total. The second kappa shape index (κ2) is 12.1. The lowest BCUT2D eigenvalue weighted by molar-refractivity contribution is -0.125. The van der Waals surface area contributed by atoms with E-state index >= 15 is 0 Å². The van der Waals surface area contributed by atoms with Gasteiger partial charge in [-0.25, -0.2) is 4.79 Å². The molecule has 2 atom stereocenters. The van der Waals surface area contributed by atoms with Crippen LogP contribution in [0.25, 0.3) is 0 Å². The molecule has 0 saturated heterocycles. The van der Waals surface area contributed by atoms with Gasteiger partial charge in [-0.2, -0.15) is 0 Å². The summed E-state index contributed by atoms with van der Waals surface area (Å²) in [5, 5.41) is 5.65. The van der Waals surface area contributed by atoms with Crippen molar-refractivity contribution in [1.82, 2.24) is 15.5 Å². The van der Waals surface area contributed by atoms with Crippen LogP contribution in [0.1, 0.15) is 46.6 Å². The van der Waals surface area contributed by atoms with Crippen LogP contribution in [0.15, 0.2) is 42.5 Å². The minimum atomic E-state index is -0.744. The van der Waals surface area contributed by atoms with Crippen molar-refractivity contribution in [3.8, 4) is 0 Å². The minimum Gasteiger partial charge on any atom is -0.444 e. The zero-order valence-corrected chi connectivity index (χ0v) is 19.8. The molecule has 0 saturated carbocycles. The van der Waals surface area contributed by atoms with Gasteiger partial charge >= 0.3 is 6.09 Å². The topological polar surface area (TPSA) is 87.7 Å². The molecule has 0 aliphatic heterocycles. The maximum Gasteiger partial charge on any atom is 0.408 e. The largest absolute Gasteiger partial charge is 0.444 e. The molecule has 0 spiro atoms. The van der Waals surface area contributed by atoms with Crippen LogP contribution in [0.5, 0.6) is 0 Å². The van der Waals surface area contributed by atoms with E-state index in [2.05, 4.69) is 10.6 Å². The van der Waals surface area contributed by atoms with Gasteiger partial charge in [-0.3, -0.25) is 9.59 Å². The van der Waals surface area contributed by atoms with E-state index in [0.717, 1.165) is 5.56 Å². The van der Waals surface area contributed by atoms with Gasteiger partial charge in [0.2, 0.25) is 11.8 Å². The highest BCUT2D eigenvalue weighted by atomic mass is 16.6. The third-order valence-corrected chi connectivity index (χ3v) is 4.25. The Morgan fingerprint density at radius 1 is 1.06 bits per heavy atom. The number of amides is 3. The summed E-state index contributed by atoms with van der Waals surface area (Å²) in [6.07, 6.45) is 3.49. The summed E-state index contributed by atoms with van der Waals surface area (Å²) in [5.41, 5.74) is 0.365. The van der Waals surface area contributed by atoms with Gasteiger partial charge in [0, 0.05) is 20.2 Å². The fraction of sp³-hybridized carbons (Fsp3) is 0.542. The lowest BCUT2D eigenvalue weighted by Gasteiger charge is -2.25. The highest BCUT2D eigenvalue weighted by Crippen LogP contribution is 2.11. The number of rotatable bonds is 9. The Morgan fingerprint density at radius 3 is 2.19 bits per heavy atom. The molecule has 172 valence electrons. The molecule has 0 heterocycles. The monoisotopic (exact) mass is 431 g/mol. The predicted octanol–water partition coefficient (Wildman–Crippen LogP) is 3.30. The Morgan fingerprint density at radius 2 is 1.68 bits per heavy atom. The van der Waals surface area contributed by atoms with Crippen LogP contribution >= 0.6 is 0 Å². The van der Waals surface area contributed by atoms with Gasteiger partial charge < -0.3 is 20.3 Å². The van der Waals surface area contributed by atoms with E-state index in [-0.39, 0.29) is 17.7 Å². The Balaban J connectivity index is 2.98. The second-order valence-electron chi connectivity index (χ2n) is 9.22. The number of hydrogen-bond acceptors (Lipinski definition) is 4. The van der Waals surface area contributed by atoms with E-state index in [1.807, 2.05) is 44.2 Å². The number of nitrogens with zero attached hydrogens (tertiary/aromatic N) is 1. The summed E-state index contributed by atoms with van der Waals surface area (Å²) in [5.74, 6) is -0.301. The van der Waals surface area contributed by atoms with Crippen LogP contribution in [0.3, 0.4) is 0 Å². The minimum absolute atomic E-state index is 0.169. The first-order chi connectivity index (χ1) is 14.4. The molecule has 0 unspecified atom stereocenters. The summed E-state index contributed by atoms with van der Waals surface area (Å²) in [6.45, 7) is 9.27. The van der Waals surface area contributed by atoms with E-state index in [1.165, 1.54) is 11.0 Å². The number of carbonyl (C=O) groups is 3. The third kappa shape index (κ3) is 11.2. The molecule has 2 N–H and O–H groups in total. The Bertz CT molecular complexity index is 752. The zero-order valence-electron chi connectivity index (χ0n) is 19.8. The maximum atomic E-state index is 13.0. The molecule has 0 fully saturated rings. The summed E-state index contributed by atoms with van der Waals surface area (Å²) < 4.78 is 5.31. The van der Waals surface area contributed by atoms with E-state index in [0.29, 0.717) is 12.8 Å². The van der Waals surface area contributed by atoms with Crippen LogP contribution in [0.2, 0.25) is 0 Å². The number of ether oxygens (including phenoxy) is 1. The summed E-state index contributed by atoms with van der Waals surface area (Å²) in [6, 6.07) is 8.55. The SMILES string of the molecule is CC(C)C[C@H](NC(=O)OC(C)(C)C)C(=O)N[C@H](/C=C/C(=O)N(C)C)Cc1ccccc1. The van der Waals surface area contributed by atoms with E-state index in [4.69, 9.17) is 4.74 Å². The molecule has 0 aliphatic rings. The smallest absolute Gasteiger partial charge is 0.408 e. The molecule has 31 heavy (non-hydrogen) atoms. The summed E-state index contributed by atoms with van der Waals surface area (Å²) >= 11 is 0. The molecule has 0 radical (unpaired) electrons. The molecule has 0 aliphatic carbocycles. The van der Waals surface area contributed by atoms with Crippen LogP contribution < -0.4 is 10.6 Å². The standard InChI is InChI=1S/C24H37N3O4/c1-17(2)15-20(26-23(30)31-24(3,4)5)22(29)25-19(13-14-21(28)27(6)7)16-18-11-9-8-10-12-18/h8-14,17,19-20H,15-16H2,1-7H3,(H,25,29)(H,26,30)/b14-13+/t19-,20+/m1/s1. The van der Waals surface area contributed by atoms with Crippen molar-refractivity contribution in [1.29, 1.82) is 0 Å². The maximum absolute atomic E-state index is 13.0. The third-order valence-electron chi connectivity index (χ3n) is 4.25. The molecular weight excluding hydrogens is 394 g/mol. The molecule has 0 bridgehead atoms. The number of benzene rings is 1. The zero-order chi connectivity index (χ0) is 23.6. The van der Waals surface area contributed by atoms with Gasteiger partial charge in [0.15, 0.2) is 0 Å². The summed E-state index contributed by atoms with van der Waals surface area (Å²) in [7, 11) is 3.34. The fourth-order valence-electron chi connectivity index (χ4n) is 2.82. The molecule has 1 aromatic carbocycles. The Kier molecular flexibility index (Phi) is 10.3. The van der Waals surface area contributed by atoms with Gasteiger partial charge in [-0.1, -0.05) is 50.3 Å². The van der Waals surface area contributed by atoms with Crippen molar-refractivity contribution >= 4 is 17.9 Å². The van der Waals surface area contributed by atoms with Crippen molar-refractivity contribution in [2.45, 2.75) is 65.1 Å². The molecule has 1 aromatic rings.